The number of carbonyl (C=O) groups is 4. The van der Waals surface area contributed by atoms with Crippen molar-refractivity contribution in [3.63, 3.8) is 0 Å². The Hall–Kier alpha value is -3.06. The van der Waals surface area contributed by atoms with E-state index in [1.165, 1.54) is 26.6 Å². The van der Waals surface area contributed by atoms with Crippen LogP contribution < -0.4 is 0 Å². The number of furan rings is 1. The first-order valence-corrected chi connectivity index (χ1v) is 15.5. The number of ketones is 1. The lowest BCUT2D eigenvalue weighted by Crippen LogP contribution is -2.68. The van der Waals surface area contributed by atoms with Gasteiger partial charge in [0.15, 0.2) is 17.5 Å². The van der Waals surface area contributed by atoms with E-state index < -0.39 is 100 Å². The molecule has 45 heavy (non-hydrogen) atoms. The lowest BCUT2D eigenvalue weighted by atomic mass is 9.48. The van der Waals surface area contributed by atoms with Crippen LogP contribution in [-0.2, 0) is 38.1 Å². The molecule has 1 aromatic heterocycles. The van der Waals surface area contributed by atoms with Crippen molar-refractivity contribution in [3.05, 3.63) is 36.3 Å². The second-order valence-electron chi connectivity index (χ2n) is 13.9. The highest BCUT2D eigenvalue weighted by molar-refractivity contribution is 5.96. The van der Waals surface area contributed by atoms with Crippen LogP contribution in [0.15, 0.2) is 35.2 Å². The molecule has 248 valence electrons. The number of aliphatic hydroxyl groups excluding tert-OH is 2. The molecule has 12 heteroatoms. The Bertz CT molecular complexity index is 1370. The monoisotopic (exact) mass is 632 g/mol. The molecule has 0 unspecified atom stereocenters. The number of hydrogen-bond acceptors (Lipinski definition) is 12. The number of carbonyl (C=O) groups excluding carboxylic acids is 4. The van der Waals surface area contributed by atoms with Crippen LogP contribution in [0.3, 0.4) is 0 Å². The Balaban J connectivity index is 1.73. The lowest BCUT2D eigenvalue weighted by molar-refractivity contribution is -0.214. The van der Waals surface area contributed by atoms with Crippen molar-refractivity contribution >= 4 is 23.7 Å². The van der Waals surface area contributed by atoms with Gasteiger partial charge in [0.05, 0.1) is 50.6 Å². The van der Waals surface area contributed by atoms with E-state index in [4.69, 9.17) is 23.4 Å². The first-order valence-electron chi connectivity index (χ1n) is 15.5. The van der Waals surface area contributed by atoms with Gasteiger partial charge in [-0.1, -0.05) is 40.7 Å². The third kappa shape index (κ3) is 4.54. The molecule has 4 aliphatic rings. The maximum Gasteiger partial charge on any atom is 0.335 e. The number of esters is 3. The highest BCUT2D eigenvalue weighted by Crippen LogP contribution is 2.70. The number of cyclic esters (lactones) is 1. The number of Topliss-reactive ketones (excluding diaryl/α,β-unsaturated/α-hetero) is 1. The highest BCUT2D eigenvalue weighted by Gasteiger charge is 2.79. The Morgan fingerprint density at radius 2 is 1.89 bits per heavy atom. The van der Waals surface area contributed by atoms with Crippen molar-refractivity contribution in [2.24, 2.45) is 28.6 Å². The van der Waals surface area contributed by atoms with Crippen LogP contribution >= 0.6 is 0 Å². The maximum absolute atomic E-state index is 14.1. The number of fused-ring (bicyclic) bond motifs is 4. The first-order chi connectivity index (χ1) is 21.1. The molecule has 0 amide bonds. The molecule has 2 saturated heterocycles. The molecule has 0 radical (unpaired) electrons. The second-order valence-corrected chi connectivity index (χ2v) is 13.9. The topological polar surface area (TPSA) is 179 Å². The van der Waals surface area contributed by atoms with E-state index in [1.807, 2.05) is 6.92 Å². The molecule has 3 N–H and O–H groups in total. The normalized spacial score (nSPS) is 42.1. The van der Waals surface area contributed by atoms with Crippen LogP contribution in [0.2, 0.25) is 0 Å². The molecule has 0 aromatic carbocycles. The molecular formula is C33H44O12. The summed E-state index contributed by atoms with van der Waals surface area (Å²) in [5, 5.41) is 34.2. The van der Waals surface area contributed by atoms with Gasteiger partial charge in [0, 0.05) is 29.6 Å². The summed E-state index contributed by atoms with van der Waals surface area (Å²) < 4.78 is 28.9. The number of ether oxygens (including phenoxy) is 4. The summed E-state index contributed by atoms with van der Waals surface area (Å²) in [6.45, 7) is 12.1. The van der Waals surface area contributed by atoms with Crippen LogP contribution in [0.4, 0.5) is 0 Å². The van der Waals surface area contributed by atoms with Gasteiger partial charge in [0.2, 0.25) is 0 Å². The van der Waals surface area contributed by atoms with Gasteiger partial charge in [-0.2, -0.15) is 0 Å². The summed E-state index contributed by atoms with van der Waals surface area (Å²) in [6.07, 6.45) is -2.18. The fourth-order valence-electron chi connectivity index (χ4n) is 8.88. The standard InChI is InChI=1S/C33H44O12/c1-8-16(2)26(38)29(39)44-28-27-25(17(3)33(40)21(35)11-19(32(28,33)6)18-9-10-42-14-18)31(5)20(12-23(36)41-7)30(4,15-34)45-24(37)13-22(31)43-27/h9-10,14,16,19-20,22,25-28,34,38,40H,3,8,11-13,15H2,1-2,4-7H3/t16-,19+,20+,22+,25-,26-,27-,28+,30-,31-,32-,33-/m1/s1. The minimum absolute atomic E-state index is 0.0928. The summed E-state index contributed by atoms with van der Waals surface area (Å²) >= 11 is 0. The Morgan fingerprint density at radius 3 is 2.47 bits per heavy atom. The quantitative estimate of drug-likeness (QED) is 0.217. The van der Waals surface area contributed by atoms with Gasteiger partial charge in [-0.25, -0.2) is 4.79 Å². The molecule has 4 fully saturated rings. The van der Waals surface area contributed by atoms with Crippen molar-refractivity contribution in [2.45, 2.75) is 102 Å². The molecule has 0 bridgehead atoms. The van der Waals surface area contributed by atoms with Gasteiger partial charge in [0.25, 0.3) is 0 Å². The Kier molecular flexibility index (Phi) is 8.38. The van der Waals surface area contributed by atoms with Gasteiger partial charge < -0.3 is 38.7 Å². The summed E-state index contributed by atoms with van der Waals surface area (Å²) in [6, 6.07) is 1.67. The fourth-order valence-corrected chi connectivity index (χ4v) is 8.88. The molecular weight excluding hydrogens is 588 g/mol. The zero-order valence-electron chi connectivity index (χ0n) is 26.6. The number of aliphatic hydroxyl groups is 3. The Morgan fingerprint density at radius 1 is 1.20 bits per heavy atom. The van der Waals surface area contributed by atoms with E-state index in [2.05, 4.69) is 6.58 Å². The van der Waals surface area contributed by atoms with E-state index >= 15 is 0 Å². The van der Waals surface area contributed by atoms with Crippen molar-refractivity contribution in [1.29, 1.82) is 0 Å². The second kappa shape index (κ2) is 11.3. The van der Waals surface area contributed by atoms with Gasteiger partial charge >= 0.3 is 17.9 Å². The lowest BCUT2D eigenvalue weighted by Gasteiger charge is -2.57. The predicted molar refractivity (Wildman–Crippen MR) is 155 cm³/mol. The number of methoxy groups -OCH3 is 1. The van der Waals surface area contributed by atoms with E-state index in [0.717, 1.165) is 0 Å². The van der Waals surface area contributed by atoms with Crippen molar-refractivity contribution in [1.82, 2.24) is 0 Å². The predicted octanol–water partition coefficient (Wildman–Crippen LogP) is 2.23. The minimum Gasteiger partial charge on any atom is -0.472 e. The molecule has 2 aliphatic carbocycles. The maximum atomic E-state index is 14.1. The van der Waals surface area contributed by atoms with E-state index in [0.29, 0.717) is 12.0 Å². The minimum atomic E-state index is -2.26. The fraction of sp³-hybridized carbons (Fsp3) is 0.697. The molecule has 5 rings (SSSR count). The third-order valence-electron chi connectivity index (χ3n) is 11.8. The first kappa shape index (κ1) is 33.3. The number of rotatable bonds is 8. The molecule has 2 saturated carbocycles. The van der Waals surface area contributed by atoms with Gasteiger partial charge in [-0.15, -0.1) is 0 Å². The van der Waals surface area contributed by atoms with Crippen molar-refractivity contribution < 1.29 is 57.9 Å². The van der Waals surface area contributed by atoms with E-state index in [9.17, 15) is 34.5 Å². The van der Waals surface area contributed by atoms with Crippen molar-refractivity contribution in [2.75, 3.05) is 13.7 Å². The number of hydrogen-bond donors (Lipinski definition) is 3. The van der Waals surface area contributed by atoms with Crippen LogP contribution in [0.5, 0.6) is 0 Å². The smallest absolute Gasteiger partial charge is 0.335 e. The summed E-state index contributed by atoms with van der Waals surface area (Å²) in [5.74, 6) is -5.88. The zero-order chi connectivity index (χ0) is 33.3. The van der Waals surface area contributed by atoms with Crippen molar-refractivity contribution in [3.8, 4) is 0 Å². The molecule has 3 heterocycles. The van der Waals surface area contributed by atoms with E-state index in [-0.39, 0.29) is 24.8 Å². The summed E-state index contributed by atoms with van der Waals surface area (Å²) in [5.41, 5.74) is -5.98. The van der Waals surface area contributed by atoms with Gasteiger partial charge in [-0.3, -0.25) is 14.4 Å². The summed E-state index contributed by atoms with van der Waals surface area (Å²) in [4.78, 5) is 53.7. The zero-order valence-corrected chi connectivity index (χ0v) is 26.6. The van der Waals surface area contributed by atoms with Crippen LogP contribution in [0, 0.1) is 28.6 Å². The molecule has 2 aliphatic heterocycles. The third-order valence-corrected chi connectivity index (χ3v) is 11.8. The van der Waals surface area contributed by atoms with Gasteiger partial charge in [0.1, 0.15) is 17.8 Å². The average Bonchev–Trinajstić information content (AvgIpc) is 3.68. The van der Waals surface area contributed by atoms with Crippen LogP contribution in [0.1, 0.15) is 71.8 Å². The molecule has 1 aromatic rings. The molecule has 12 nitrogen and oxygen atoms in total. The highest BCUT2D eigenvalue weighted by atomic mass is 16.6. The molecule has 0 spiro atoms. The molecule has 12 atom stereocenters. The van der Waals surface area contributed by atoms with Crippen LogP contribution in [0.25, 0.3) is 0 Å². The Labute approximate surface area is 262 Å². The van der Waals surface area contributed by atoms with Gasteiger partial charge in [-0.05, 0) is 30.0 Å². The van der Waals surface area contributed by atoms with E-state index in [1.54, 1.807) is 26.8 Å². The SMILES string of the molecule is C=C1[C@@H]2[C@@H](O[C@H]3CC(=O)O[C@](C)(CO)[C@H](CC(=O)OC)[C@]32C)[C@H](OC(=O)[C@H](O)[C@H](C)CC)[C@@]2(C)[C@H](c3ccoc3)CC(=O)[C@]12O. The summed E-state index contributed by atoms with van der Waals surface area (Å²) in [7, 11) is 1.22. The van der Waals surface area contributed by atoms with Crippen LogP contribution in [-0.4, -0.2) is 88.3 Å². The average molecular weight is 633 g/mol. The largest absolute Gasteiger partial charge is 0.472 e.